The number of aliphatic hydroxyl groups is 14. The molecule has 0 aliphatic carbocycles. The summed E-state index contributed by atoms with van der Waals surface area (Å²) < 4.78 is 37.7. The lowest BCUT2D eigenvalue weighted by molar-refractivity contribution is -0.387. The Morgan fingerprint density at radius 1 is 0.333 bits per heavy atom. The van der Waals surface area contributed by atoms with Crippen molar-refractivity contribution in [1.29, 1.82) is 0 Å². The van der Waals surface area contributed by atoms with Crippen LogP contribution in [0.4, 0.5) is 0 Å². The van der Waals surface area contributed by atoms with Gasteiger partial charge in [0.15, 0.2) is 25.2 Å². The standard InChI is InChI=1S/C24H42O21/c25-1-5-9(29)10(30)15(35)22(40-5)44-19-7(3-27)42-24(17(37)12(19)32)45-20-8(4-28)41-23(16(36)13(20)33)43-18-6(2-26)39-21(38)14(34)11(18)31/h5-38H,1-4H2/t5-,6-,7-,8-,9-,10+,11-,12-,13-,14+,15+,16+,17+,18-,19-,20-,21-,22+,23+,24+/m1/s1. The third-order valence-corrected chi connectivity index (χ3v) is 8.20. The zero-order valence-electron chi connectivity index (χ0n) is 23.5. The molecule has 14 N–H and O–H groups in total. The molecule has 0 amide bonds. The van der Waals surface area contributed by atoms with Crippen molar-refractivity contribution < 1.29 is 105 Å². The number of rotatable bonds is 10. The molecule has 4 aliphatic rings. The van der Waals surface area contributed by atoms with Gasteiger partial charge in [0.1, 0.15) is 97.7 Å². The van der Waals surface area contributed by atoms with Crippen LogP contribution in [0.1, 0.15) is 0 Å². The molecule has 0 unspecified atom stereocenters. The zero-order valence-corrected chi connectivity index (χ0v) is 23.5. The fraction of sp³-hybridized carbons (Fsp3) is 1.00. The molecule has 0 radical (unpaired) electrons. The SMILES string of the molecule is OC[C@H]1O[C@@H](O[C@H]2[C@H](O)[C@H](O)[C@H](O[C@H]3[C@H](O)[C@H](O)[C@H](O[C@H]4[C@H](O)[C@H](O)[C@H](O)O[C@@H]4CO)O[C@@H]3CO)O[C@@H]2CO)[C@@H](O)[C@@H](O)[C@@H]1O. The van der Waals surface area contributed by atoms with E-state index >= 15 is 0 Å². The minimum absolute atomic E-state index is 0.784. The first-order valence-electron chi connectivity index (χ1n) is 14.1. The highest BCUT2D eigenvalue weighted by atomic mass is 16.8. The Morgan fingerprint density at radius 2 is 0.644 bits per heavy atom. The van der Waals surface area contributed by atoms with Gasteiger partial charge < -0.3 is 105 Å². The average molecular weight is 667 g/mol. The van der Waals surface area contributed by atoms with Gasteiger partial charge in [0, 0.05) is 0 Å². The second-order valence-corrected chi connectivity index (χ2v) is 11.1. The van der Waals surface area contributed by atoms with Gasteiger partial charge in [-0.05, 0) is 0 Å². The van der Waals surface area contributed by atoms with E-state index in [2.05, 4.69) is 0 Å². The third-order valence-electron chi connectivity index (χ3n) is 8.20. The van der Waals surface area contributed by atoms with E-state index in [-0.39, 0.29) is 0 Å². The largest absolute Gasteiger partial charge is 0.394 e. The molecule has 4 heterocycles. The van der Waals surface area contributed by atoms with Gasteiger partial charge in [0.05, 0.1) is 26.4 Å². The molecule has 0 saturated carbocycles. The quantitative estimate of drug-likeness (QED) is 0.103. The van der Waals surface area contributed by atoms with Crippen LogP contribution >= 0.6 is 0 Å². The fourth-order valence-corrected chi connectivity index (χ4v) is 5.55. The topological polar surface area (TPSA) is 348 Å². The monoisotopic (exact) mass is 666 g/mol. The molecule has 0 aromatic rings. The molecule has 45 heavy (non-hydrogen) atoms. The van der Waals surface area contributed by atoms with Crippen LogP contribution in [0.2, 0.25) is 0 Å². The maximum absolute atomic E-state index is 10.9. The van der Waals surface area contributed by atoms with Crippen LogP contribution in [0.5, 0.6) is 0 Å². The molecular formula is C24H42O21. The van der Waals surface area contributed by atoms with Crippen LogP contribution in [0.3, 0.4) is 0 Å². The molecule has 4 rings (SSSR count). The molecule has 21 heteroatoms. The lowest BCUT2D eigenvalue weighted by Crippen LogP contribution is -2.67. The molecule has 0 spiro atoms. The summed E-state index contributed by atoms with van der Waals surface area (Å²) in [6.07, 6.45) is -35.3. The van der Waals surface area contributed by atoms with Crippen LogP contribution in [0.15, 0.2) is 0 Å². The minimum atomic E-state index is -2.02. The summed E-state index contributed by atoms with van der Waals surface area (Å²) in [5.41, 5.74) is 0. The third kappa shape index (κ3) is 7.44. The molecule has 4 fully saturated rings. The van der Waals surface area contributed by atoms with E-state index in [1.54, 1.807) is 0 Å². The Bertz CT molecular complexity index is 910. The molecule has 20 atom stereocenters. The first-order valence-corrected chi connectivity index (χ1v) is 14.1. The smallest absolute Gasteiger partial charge is 0.187 e. The van der Waals surface area contributed by atoms with Crippen molar-refractivity contribution in [2.75, 3.05) is 26.4 Å². The molecule has 0 bridgehead atoms. The van der Waals surface area contributed by atoms with Crippen LogP contribution in [0.25, 0.3) is 0 Å². The van der Waals surface area contributed by atoms with Gasteiger partial charge in [-0.3, -0.25) is 0 Å². The van der Waals surface area contributed by atoms with E-state index < -0.39 is 149 Å². The zero-order chi connectivity index (χ0) is 33.3. The summed E-state index contributed by atoms with van der Waals surface area (Å²) in [5.74, 6) is 0. The van der Waals surface area contributed by atoms with E-state index in [1.165, 1.54) is 0 Å². The number of hydrogen-bond donors (Lipinski definition) is 14. The summed E-state index contributed by atoms with van der Waals surface area (Å²) >= 11 is 0. The Hall–Kier alpha value is -0.840. The normalized spacial score (nSPS) is 52.9. The molecule has 264 valence electrons. The van der Waals surface area contributed by atoms with Crippen molar-refractivity contribution in [3.8, 4) is 0 Å². The molecule has 0 aromatic heterocycles. The second kappa shape index (κ2) is 15.6. The molecule has 4 aliphatic heterocycles. The first kappa shape index (κ1) is 37.0. The predicted molar refractivity (Wildman–Crippen MR) is 134 cm³/mol. The van der Waals surface area contributed by atoms with Crippen LogP contribution in [0, 0.1) is 0 Å². The summed E-state index contributed by atoms with van der Waals surface area (Å²) in [6, 6.07) is 0. The highest BCUT2D eigenvalue weighted by Crippen LogP contribution is 2.34. The van der Waals surface area contributed by atoms with E-state index in [9.17, 15) is 71.5 Å². The van der Waals surface area contributed by atoms with Gasteiger partial charge in [-0.25, -0.2) is 0 Å². The van der Waals surface area contributed by atoms with Crippen molar-refractivity contribution in [3.05, 3.63) is 0 Å². The second-order valence-electron chi connectivity index (χ2n) is 11.1. The number of hydrogen-bond acceptors (Lipinski definition) is 21. The summed E-state index contributed by atoms with van der Waals surface area (Å²) in [6.45, 7) is -3.39. The first-order chi connectivity index (χ1) is 21.3. The lowest BCUT2D eigenvalue weighted by Gasteiger charge is -2.49. The summed E-state index contributed by atoms with van der Waals surface area (Å²) in [4.78, 5) is 0. The average Bonchev–Trinajstić information content (AvgIpc) is 3.03. The predicted octanol–water partition coefficient (Wildman–Crippen LogP) is -9.75. The van der Waals surface area contributed by atoms with Crippen molar-refractivity contribution in [2.45, 2.75) is 123 Å². The molecule has 4 saturated heterocycles. The molecule has 21 nitrogen and oxygen atoms in total. The Morgan fingerprint density at radius 3 is 1.02 bits per heavy atom. The van der Waals surface area contributed by atoms with Crippen LogP contribution < -0.4 is 0 Å². The fourth-order valence-electron chi connectivity index (χ4n) is 5.55. The highest BCUT2D eigenvalue weighted by molar-refractivity contribution is 4.97. The van der Waals surface area contributed by atoms with E-state index in [0.29, 0.717) is 0 Å². The van der Waals surface area contributed by atoms with Gasteiger partial charge >= 0.3 is 0 Å². The molecule has 0 aromatic carbocycles. The maximum Gasteiger partial charge on any atom is 0.187 e. The lowest BCUT2D eigenvalue weighted by atomic mass is 9.95. The van der Waals surface area contributed by atoms with E-state index in [0.717, 1.165) is 0 Å². The van der Waals surface area contributed by atoms with Crippen molar-refractivity contribution >= 4 is 0 Å². The Kier molecular flexibility index (Phi) is 12.8. The maximum atomic E-state index is 10.9. The van der Waals surface area contributed by atoms with Crippen molar-refractivity contribution in [3.63, 3.8) is 0 Å². The highest BCUT2D eigenvalue weighted by Gasteiger charge is 2.55. The van der Waals surface area contributed by atoms with E-state index in [1.807, 2.05) is 0 Å². The van der Waals surface area contributed by atoms with Crippen molar-refractivity contribution in [2.24, 2.45) is 0 Å². The van der Waals surface area contributed by atoms with Gasteiger partial charge in [-0.1, -0.05) is 0 Å². The van der Waals surface area contributed by atoms with Crippen LogP contribution in [-0.4, -0.2) is 221 Å². The van der Waals surface area contributed by atoms with Crippen LogP contribution in [-0.2, 0) is 33.2 Å². The van der Waals surface area contributed by atoms with Gasteiger partial charge in [-0.15, -0.1) is 0 Å². The van der Waals surface area contributed by atoms with Gasteiger partial charge in [-0.2, -0.15) is 0 Å². The molecular weight excluding hydrogens is 624 g/mol. The minimum Gasteiger partial charge on any atom is -0.394 e. The summed E-state index contributed by atoms with van der Waals surface area (Å²) in [5, 5.41) is 142. The summed E-state index contributed by atoms with van der Waals surface area (Å²) in [7, 11) is 0. The van der Waals surface area contributed by atoms with Gasteiger partial charge in [0.2, 0.25) is 0 Å². The van der Waals surface area contributed by atoms with Gasteiger partial charge in [0.25, 0.3) is 0 Å². The van der Waals surface area contributed by atoms with Crippen molar-refractivity contribution in [1.82, 2.24) is 0 Å². The van der Waals surface area contributed by atoms with E-state index in [4.69, 9.17) is 33.2 Å². The number of aliphatic hydroxyl groups excluding tert-OH is 14. The number of ether oxygens (including phenoxy) is 7. The Balaban J connectivity index is 1.43. The Labute approximate surface area is 254 Å².